The molecule has 0 radical (unpaired) electrons. The van der Waals surface area contributed by atoms with Crippen LogP contribution >= 0.6 is 11.6 Å². The fraction of sp³-hybridized carbons (Fsp3) is 0.438. The Labute approximate surface area is 150 Å². The van der Waals surface area contributed by atoms with Crippen molar-refractivity contribution in [3.63, 3.8) is 0 Å². The molecular weight excluding hydrogens is 366 g/mol. The number of sulfone groups is 1. The van der Waals surface area contributed by atoms with E-state index in [9.17, 15) is 18.0 Å². The first kappa shape index (κ1) is 17.9. The lowest BCUT2D eigenvalue weighted by Crippen LogP contribution is -2.44. The Bertz CT molecular complexity index is 853. The Kier molecular flexibility index (Phi) is 4.83. The van der Waals surface area contributed by atoms with Crippen molar-refractivity contribution in [3.8, 4) is 0 Å². The number of carbonyl (C=O) groups is 2. The number of hydrazone groups is 1. The van der Waals surface area contributed by atoms with Crippen molar-refractivity contribution in [3.05, 3.63) is 34.9 Å². The summed E-state index contributed by atoms with van der Waals surface area (Å²) in [7, 11) is -3.10. The van der Waals surface area contributed by atoms with Gasteiger partial charge in [0.15, 0.2) is 15.8 Å². The zero-order valence-electron chi connectivity index (χ0n) is 13.6. The molecule has 0 bridgehead atoms. The third-order valence-corrected chi connectivity index (χ3v) is 6.45. The summed E-state index contributed by atoms with van der Waals surface area (Å²) in [6.07, 6.45) is 0.370. The van der Waals surface area contributed by atoms with E-state index in [1.54, 1.807) is 25.1 Å². The second kappa shape index (κ2) is 6.76. The Morgan fingerprint density at radius 2 is 2.12 bits per heavy atom. The molecule has 3 rings (SSSR count). The first-order valence-electron chi connectivity index (χ1n) is 7.87. The zero-order chi connectivity index (χ0) is 18.2. The highest BCUT2D eigenvalue weighted by Gasteiger charge is 2.40. The Morgan fingerprint density at radius 3 is 2.76 bits per heavy atom. The van der Waals surface area contributed by atoms with E-state index in [-0.39, 0.29) is 18.1 Å². The fourth-order valence-electron chi connectivity index (χ4n) is 3.02. The standard InChI is InChI=1S/C16H18ClN3O4S/c1-10-14(15(21)18-12-6-7-25(23,24)9-12)16(22)20(19-10)8-11-4-2-3-5-13(11)17/h2-5,12,14H,6-9H2,1H3,(H,18,21). The van der Waals surface area contributed by atoms with Crippen LogP contribution in [0.5, 0.6) is 0 Å². The number of benzene rings is 1. The van der Waals surface area contributed by atoms with Gasteiger partial charge < -0.3 is 5.32 Å². The third-order valence-electron chi connectivity index (χ3n) is 4.32. The number of carbonyl (C=O) groups excluding carboxylic acids is 2. The van der Waals surface area contributed by atoms with E-state index in [2.05, 4.69) is 10.4 Å². The predicted octanol–water partition coefficient (Wildman–Crippen LogP) is 0.978. The van der Waals surface area contributed by atoms with Crippen molar-refractivity contribution in [1.29, 1.82) is 0 Å². The van der Waals surface area contributed by atoms with Gasteiger partial charge in [-0.2, -0.15) is 5.10 Å². The van der Waals surface area contributed by atoms with Crippen molar-refractivity contribution >= 4 is 39.0 Å². The van der Waals surface area contributed by atoms with Crippen LogP contribution in [0.2, 0.25) is 5.02 Å². The lowest BCUT2D eigenvalue weighted by molar-refractivity contribution is -0.138. The van der Waals surface area contributed by atoms with E-state index < -0.39 is 33.6 Å². The van der Waals surface area contributed by atoms with Gasteiger partial charge in [0.1, 0.15) is 0 Å². The topological polar surface area (TPSA) is 95.9 Å². The van der Waals surface area contributed by atoms with Crippen LogP contribution in [0.15, 0.2) is 29.4 Å². The van der Waals surface area contributed by atoms with Gasteiger partial charge in [-0.25, -0.2) is 13.4 Å². The molecule has 0 aliphatic carbocycles. The van der Waals surface area contributed by atoms with Crippen molar-refractivity contribution in [2.24, 2.45) is 11.0 Å². The van der Waals surface area contributed by atoms with Crippen molar-refractivity contribution in [2.45, 2.75) is 25.9 Å². The number of nitrogens with zero attached hydrogens (tertiary/aromatic N) is 2. The molecule has 9 heteroatoms. The predicted molar refractivity (Wildman–Crippen MR) is 93.8 cm³/mol. The van der Waals surface area contributed by atoms with E-state index in [0.717, 1.165) is 5.56 Å². The van der Waals surface area contributed by atoms with Crippen LogP contribution in [-0.4, -0.2) is 48.5 Å². The highest BCUT2D eigenvalue weighted by Crippen LogP contribution is 2.23. The molecule has 1 aromatic carbocycles. The van der Waals surface area contributed by atoms with E-state index in [1.165, 1.54) is 5.01 Å². The Hall–Kier alpha value is -1.93. The highest BCUT2D eigenvalue weighted by molar-refractivity contribution is 7.91. The molecule has 0 aromatic heterocycles. The second-order valence-electron chi connectivity index (χ2n) is 6.27. The average Bonchev–Trinajstić information content (AvgIpc) is 3.00. The maximum Gasteiger partial charge on any atom is 0.261 e. The Balaban J connectivity index is 1.68. The largest absolute Gasteiger partial charge is 0.351 e. The van der Waals surface area contributed by atoms with Crippen LogP contribution in [0.4, 0.5) is 0 Å². The van der Waals surface area contributed by atoms with Gasteiger partial charge in [-0.1, -0.05) is 29.8 Å². The summed E-state index contributed by atoms with van der Waals surface area (Å²) >= 11 is 6.10. The molecule has 2 atom stereocenters. The van der Waals surface area contributed by atoms with E-state index >= 15 is 0 Å². The quantitative estimate of drug-likeness (QED) is 0.784. The molecule has 1 N–H and O–H groups in total. The number of amides is 2. The van der Waals surface area contributed by atoms with Gasteiger partial charge in [0.05, 0.1) is 23.8 Å². The summed E-state index contributed by atoms with van der Waals surface area (Å²) in [6, 6.07) is 6.66. The van der Waals surface area contributed by atoms with Crippen molar-refractivity contribution in [1.82, 2.24) is 10.3 Å². The molecule has 2 unspecified atom stereocenters. The minimum atomic E-state index is -3.10. The molecule has 0 saturated carbocycles. The van der Waals surface area contributed by atoms with Crippen LogP contribution < -0.4 is 5.32 Å². The lowest BCUT2D eigenvalue weighted by Gasteiger charge is -2.17. The lowest BCUT2D eigenvalue weighted by atomic mass is 10.0. The minimum Gasteiger partial charge on any atom is -0.351 e. The summed E-state index contributed by atoms with van der Waals surface area (Å²) in [5.74, 6) is -1.99. The van der Waals surface area contributed by atoms with E-state index in [1.807, 2.05) is 6.07 Å². The SMILES string of the molecule is CC1=NN(Cc2ccccc2Cl)C(=O)C1C(=O)NC1CCS(=O)(=O)C1. The summed E-state index contributed by atoms with van der Waals surface area (Å²) in [5, 5.41) is 8.58. The second-order valence-corrected chi connectivity index (χ2v) is 8.91. The first-order chi connectivity index (χ1) is 11.8. The maximum atomic E-state index is 12.6. The number of hydrogen-bond donors (Lipinski definition) is 1. The molecule has 2 heterocycles. The Morgan fingerprint density at radius 1 is 1.40 bits per heavy atom. The number of hydrogen-bond acceptors (Lipinski definition) is 5. The van der Waals surface area contributed by atoms with Gasteiger partial charge in [-0.05, 0) is 25.0 Å². The molecule has 7 nitrogen and oxygen atoms in total. The molecule has 134 valence electrons. The summed E-state index contributed by atoms with van der Waals surface area (Å²) in [5.41, 5.74) is 1.12. The van der Waals surface area contributed by atoms with E-state index in [0.29, 0.717) is 17.2 Å². The van der Waals surface area contributed by atoms with Crippen molar-refractivity contribution < 1.29 is 18.0 Å². The van der Waals surface area contributed by atoms with Gasteiger partial charge in [0.25, 0.3) is 5.91 Å². The molecule has 1 fully saturated rings. The molecule has 2 aliphatic heterocycles. The smallest absolute Gasteiger partial charge is 0.261 e. The average molecular weight is 384 g/mol. The van der Waals surface area contributed by atoms with Gasteiger partial charge >= 0.3 is 0 Å². The van der Waals surface area contributed by atoms with Crippen LogP contribution in [0, 0.1) is 5.92 Å². The molecule has 25 heavy (non-hydrogen) atoms. The zero-order valence-corrected chi connectivity index (χ0v) is 15.2. The normalized spacial score (nSPS) is 25.1. The van der Waals surface area contributed by atoms with Crippen LogP contribution in [0.1, 0.15) is 18.9 Å². The number of rotatable bonds is 4. The third kappa shape index (κ3) is 3.85. The maximum absolute atomic E-state index is 12.6. The van der Waals surface area contributed by atoms with Gasteiger partial charge in [0.2, 0.25) is 5.91 Å². The fourth-order valence-corrected chi connectivity index (χ4v) is 4.89. The van der Waals surface area contributed by atoms with Crippen molar-refractivity contribution in [2.75, 3.05) is 11.5 Å². The van der Waals surface area contributed by atoms with E-state index in [4.69, 9.17) is 11.6 Å². The summed E-state index contributed by atoms with van der Waals surface area (Å²) in [4.78, 5) is 25.0. The molecule has 1 saturated heterocycles. The molecule has 0 spiro atoms. The monoisotopic (exact) mass is 383 g/mol. The van der Waals surface area contributed by atoms with Gasteiger partial charge in [-0.15, -0.1) is 0 Å². The number of halogens is 1. The molecule has 2 aliphatic rings. The molecule has 1 aromatic rings. The minimum absolute atomic E-state index is 0.0578. The van der Waals surface area contributed by atoms with Crippen LogP contribution in [0.3, 0.4) is 0 Å². The van der Waals surface area contributed by atoms with Crippen LogP contribution in [-0.2, 0) is 26.0 Å². The van der Waals surface area contributed by atoms with Gasteiger partial charge in [0, 0.05) is 11.1 Å². The summed E-state index contributed by atoms with van der Waals surface area (Å²) < 4.78 is 23.0. The summed E-state index contributed by atoms with van der Waals surface area (Å²) in [6.45, 7) is 1.79. The molecular formula is C16H18ClN3O4S. The molecule has 2 amide bonds. The first-order valence-corrected chi connectivity index (χ1v) is 10.1. The van der Waals surface area contributed by atoms with Gasteiger partial charge in [-0.3, -0.25) is 9.59 Å². The number of nitrogens with one attached hydrogen (secondary N) is 1. The highest BCUT2D eigenvalue weighted by atomic mass is 35.5. The van der Waals surface area contributed by atoms with Crippen LogP contribution in [0.25, 0.3) is 0 Å².